The summed E-state index contributed by atoms with van der Waals surface area (Å²) in [5.41, 5.74) is 1.44. The number of phenols is 1. The van der Waals surface area contributed by atoms with E-state index in [2.05, 4.69) is 5.32 Å². The lowest BCUT2D eigenvalue weighted by Gasteiger charge is -2.00. The van der Waals surface area contributed by atoms with Crippen molar-refractivity contribution in [1.29, 1.82) is 0 Å². The molecule has 3 heteroatoms. The molecule has 0 fully saturated rings. The zero-order valence-corrected chi connectivity index (χ0v) is 6.66. The maximum absolute atomic E-state index is 11.2. The monoisotopic (exact) mass is 163 g/mol. The van der Waals surface area contributed by atoms with Crippen LogP contribution in [0.1, 0.15) is 18.4 Å². The van der Waals surface area contributed by atoms with Gasteiger partial charge in [-0.2, -0.15) is 0 Å². The summed E-state index contributed by atoms with van der Waals surface area (Å²) in [5, 5.41) is 12.0. The third kappa shape index (κ3) is 0.794. The van der Waals surface area contributed by atoms with Crippen molar-refractivity contribution in [3.05, 3.63) is 23.8 Å². The van der Waals surface area contributed by atoms with Crippen LogP contribution in [0, 0.1) is 0 Å². The van der Waals surface area contributed by atoms with E-state index in [1.807, 2.05) is 13.0 Å². The molecular formula is C9H9NO2. The first kappa shape index (κ1) is 7.16. The van der Waals surface area contributed by atoms with Crippen LogP contribution in [-0.2, 0) is 4.79 Å². The number of para-hydroxylation sites is 1. The van der Waals surface area contributed by atoms with Crippen molar-refractivity contribution in [3.8, 4) is 5.75 Å². The number of nitrogens with one attached hydrogen (secondary N) is 1. The number of carbonyl (C=O) groups excluding carboxylic acids is 1. The molecule has 1 amide bonds. The minimum Gasteiger partial charge on any atom is -0.506 e. The molecular weight excluding hydrogens is 154 g/mol. The Morgan fingerprint density at radius 2 is 2.25 bits per heavy atom. The maximum Gasteiger partial charge on any atom is 0.231 e. The average Bonchev–Trinajstić information content (AvgIpc) is 2.32. The van der Waals surface area contributed by atoms with Crippen molar-refractivity contribution >= 4 is 11.6 Å². The van der Waals surface area contributed by atoms with Gasteiger partial charge in [0.05, 0.1) is 11.6 Å². The number of rotatable bonds is 0. The van der Waals surface area contributed by atoms with E-state index in [-0.39, 0.29) is 17.6 Å². The van der Waals surface area contributed by atoms with Crippen molar-refractivity contribution in [2.24, 2.45) is 0 Å². The second-order valence-corrected chi connectivity index (χ2v) is 2.95. The molecule has 62 valence electrons. The zero-order valence-electron chi connectivity index (χ0n) is 6.66. The number of hydrogen-bond acceptors (Lipinski definition) is 2. The van der Waals surface area contributed by atoms with Crippen LogP contribution in [0.5, 0.6) is 5.75 Å². The first-order chi connectivity index (χ1) is 5.70. The Kier molecular flexibility index (Phi) is 1.33. The predicted molar refractivity (Wildman–Crippen MR) is 45.2 cm³/mol. The van der Waals surface area contributed by atoms with Crippen LogP contribution in [0.2, 0.25) is 0 Å². The number of benzene rings is 1. The Bertz CT molecular complexity index is 346. The Morgan fingerprint density at radius 3 is 2.92 bits per heavy atom. The lowest BCUT2D eigenvalue weighted by Crippen LogP contribution is -2.08. The van der Waals surface area contributed by atoms with E-state index in [9.17, 15) is 9.90 Å². The first-order valence-electron chi connectivity index (χ1n) is 3.83. The highest BCUT2D eigenvalue weighted by Crippen LogP contribution is 2.37. The summed E-state index contributed by atoms with van der Waals surface area (Å²) in [6.45, 7) is 1.82. The fourth-order valence-corrected chi connectivity index (χ4v) is 1.43. The quantitative estimate of drug-likeness (QED) is 0.568. The smallest absolute Gasteiger partial charge is 0.231 e. The summed E-state index contributed by atoms with van der Waals surface area (Å²) in [4.78, 5) is 11.2. The van der Waals surface area contributed by atoms with Gasteiger partial charge in [-0.05, 0) is 18.6 Å². The van der Waals surface area contributed by atoms with Gasteiger partial charge in [-0.1, -0.05) is 12.1 Å². The third-order valence-corrected chi connectivity index (χ3v) is 2.18. The molecule has 1 atom stereocenters. The Morgan fingerprint density at radius 1 is 1.50 bits per heavy atom. The van der Waals surface area contributed by atoms with Gasteiger partial charge in [0.25, 0.3) is 0 Å². The van der Waals surface area contributed by atoms with E-state index in [1.54, 1.807) is 12.1 Å². The van der Waals surface area contributed by atoms with Crippen LogP contribution < -0.4 is 5.32 Å². The highest BCUT2D eigenvalue weighted by atomic mass is 16.3. The topological polar surface area (TPSA) is 49.3 Å². The van der Waals surface area contributed by atoms with E-state index in [0.29, 0.717) is 5.69 Å². The van der Waals surface area contributed by atoms with Crippen molar-refractivity contribution < 1.29 is 9.90 Å². The molecule has 1 unspecified atom stereocenters. The fourth-order valence-electron chi connectivity index (χ4n) is 1.43. The standard InChI is InChI=1S/C9H9NO2/c1-5-6-3-2-4-7(11)8(6)10-9(5)12/h2-5,11H,1H3,(H,10,12). The van der Waals surface area contributed by atoms with Crippen LogP contribution in [0.25, 0.3) is 0 Å². The summed E-state index contributed by atoms with van der Waals surface area (Å²) in [6.07, 6.45) is 0. The van der Waals surface area contributed by atoms with Gasteiger partial charge in [0, 0.05) is 0 Å². The Balaban J connectivity index is 2.60. The number of hydrogen-bond donors (Lipinski definition) is 2. The Hall–Kier alpha value is -1.51. The molecule has 1 aromatic carbocycles. The van der Waals surface area contributed by atoms with Gasteiger partial charge >= 0.3 is 0 Å². The van der Waals surface area contributed by atoms with Crippen molar-refractivity contribution in [1.82, 2.24) is 0 Å². The molecule has 2 rings (SSSR count). The molecule has 0 aliphatic carbocycles. The SMILES string of the molecule is CC1C(=O)Nc2c(O)cccc21. The molecule has 0 radical (unpaired) electrons. The second-order valence-electron chi connectivity index (χ2n) is 2.95. The van der Waals surface area contributed by atoms with E-state index in [4.69, 9.17) is 0 Å². The zero-order chi connectivity index (χ0) is 8.72. The van der Waals surface area contributed by atoms with Gasteiger partial charge < -0.3 is 10.4 Å². The molecule has 0 saturated carbocycles. The molecule has 3 nitrogen and oxygen atoms in total. The predicted octanol–water partition coefficient (Wildman–Crippen LogP) is 1.45. The van der Waals surface area contributed by atoms with Crippen molar-refractivity contribution in [3.63, 3.8) is 0 Å². The van der Waals surface area contributed by atoms with Gasteiger partial charge in [0.2, 0.25) is 5.91 Å². The number of phenolic OH excluding ortho intramolecular Hbond substituents is 1. The number of aromatic hydroxyl groups is 1. The van der Waals surface area contributed by atoms with Gasteiger partial charge in [-0.3, -0.25) is 4.79 Å². The summed E-state index contributed by atoms with van der Waals surface area (Å²) in [6, 6.07) is 5.15. The fraction of sp³-hybridized carbons (Fsp3) is 0.222. The minimum atomic E-state index is -0.146. The lowest BCUT2D eigenvalue weighted by atomic mass is 10.0. The summed E-state index contributed by atoms with van der Waals surface area (Å²) >= 11 is 0. The highest BCUT2D eigenvalue weighted by Gasteiger charge is 2.27. The van der Waals surface area contributed by atoms with Crippen LogP contribution in [0.15, 0.2) is 18.2 Å². The number of fused-ring (bicyclic) bond motifs is 1. The van der Waals surface area contributed by atoms with Crippen molar-refractivity contribution in [2.75, 3.05) is 5.32 Å². The molecule has 0 spiro atoms. The number of carbonyl (C=O) groups is 1. The molecule has 0 aromatic heterocycles. The molecule has 0 saturated heterocycles. The van der Waals surface area contributed by atoms with Gasteiger partial charge in [-0.15, -0.1) is 0 Å². The molecule has 12 heavy (non-hydrogen) atoms. The third-order valence-electron chi connectivity index (χ3n) is 2.18. The maximum atomic E-state index is 11.2. The van der Waals surface area contributed by atoms with E-state index in [1.165, 1.54) is 0 Å². The lowest BCUT2D eigenvalue weighted by molar-refractivity contribution is -0.116. The highest BCUT2D eigenvalue weighted by molar-refractivity contribution is 6.04. The molecule has 1 aromatic rings. The second kappa shape index (κ2) is 2.24. The van der Waals surface area contributed by atoms with Crippen LogP contribution >= 0.6 is 0 Å². The molecule has 2 N–H and O–H groups in total. The van der Waals surface area contributed by atoms with E-state index >= 15 is 0 Å². The first-order valence-corrected chi connectivity index (χ1v) is 3.83. The van der Waals surface area contributed by atoms with Gasteiger partial charge in [-0.25, -0.2) is 0 Å². The van der Waals surface area contributed by atoms with Gasteiger partial charge in [0.1, 0.15) is 5.75 Å². The molecule has 1 aliphatic rings. The summed E-state index contributed by atoms with van der Waals surface area (Å²) in [5.74, 6) is -0.0520. The molecule has 1 heterocycles. The van der Waals surface area contributed by atoms with Crippen LogP contribution in [-0.4, -0.2) is 11.0 Å². The van der Waals surface area contributed by atoms with Crippen LogP contribution in [0.4, 0.5) is 5.69 Å². The number of anilines is 1. The van der Waals surface area contributed by atoms with E-state index < -0.39 is 0 Å². The molecule has 1 aliphatic heterocycles. The van der Waals surface area contributed by atoms with Gasteiger partial charge in [0.15, 0.2) is 0 Å². The van der Waals surface area contributed by atoms with Crippen LogP contribution in [0.3, 0.4) is 0 Å². The number of amides is 1. The minimum absolute atomic E-state index is 0.0495. The largest absolute Gasteiger partial charge is 0.506 e. The summed E-state index contributed by atoms with van der Waals surface area (Å²) in [7, 11) is 0. The normalized spacial score (nSPS) is 20.4. The van der Waals surface area contributed by atoms with E-state index in [0.717, 1.165) is 5.56 Å². The molecule has 0 bridgehead atoms. The Labute approximate surface area is 70.0 Å². The average molecular weight is 163 g/mol. The van der Waals surface area contributed by atoms with Crippen molar-refractivity contribution in [2.45, 2.75) is 12.8 Å². The summed E-state index contributed by atoms with van der Waals surface area (Å²) < 4.78 is 0.